The molecule has 0 radical (unpaired) electrons. The molecule has 0 saturated carbocycles. The van der Waals surface area contributed by atoms with Crippen LogP contribution in [0.25, 0.3) is 0 Å². The molecule has 0 spiro atoms. The van der Waals surface area contributed by atoms with Gasteiger partial charge in [-0.05, 0) is 25.5 Å². The van der Waals surface area contributed by atoms with Gasteiger partial charge in [-0.2, -0.15) is 0 Å². The summed E-state index contributed by atoms with van der Waals surface area (Å²) < 4.78 is 5.15. The molecule has 1 unspecified atom stereocenters. The van der Waals surface area contributed by atoms with E-state index < -0.39 is 4.92 Å². The molecule has 0 aliphatic carbocycles. The van der Waals surface area contributed by atoms with Crippen molar-refractivity contribution in [2.45, 2.75) is 18.9 Å². The van der Waals surface area contributed by atoms with E-state index in [1.165, 1.54) is 18.6 Å². The predicted molar refractivity (Wildman–Crippen MR) is 83.2 cm³/mol. The monoisotopic (exact) mass is 313 g/mol. The van der Waals surface area contributed by atoms with Crippen molar-refractivity contribution < 1.29 is 9.66 Å². The molecule has 1 aliphatic rings. The van der Waals surface area contributed by atoms with Gasteiger partial charge in [-0.15, -0.1) is 0 Å². The maximum atomic E-state index is 10.8. The third kappa shape index (κ3) is 4.30. The van der Waals surface area contributed by atoms with Crippen LogP contribution in [0.15, 0.2) is 18.2 Å². The fourth-order valence-corrected chi connectivity index (χ4v) is 2.85. The largest absolute Gasteiger partial charge is 0.383 e. The molecule has 21 heavy (non-hydrogen) atoms. The van der Waals surface area contributed by atoms with Crippen LogP contribution in [0.2, 0.25) is 5.02 Å². The highest BCUT2D eigenvalue weighted by Gasteiger charge is 2.20. The number of benzene rings is 1. The Bertz CT molecular complexity index is 492. The van der Waals surface area contributed by atoms with E-state index in [0.717, 1.165) is 25.2 Å². The number of rotatable bonds is 7. The first kappa shape index (κ1) is 16.0. The minimum atomic E-state index is -0.437. The summed E-state index contributed by atoms with van der Waals surface area (Å²) in [5, 5.41) is 14.6. The summed E-state index contributed by atoms with van der Waals surface area (Å²) >= 11 is 6.23. The van der Waals surface area contributed by atoms with Gasteiger partial charge in [-0.25, -0.2) is 0 Å². The van der Waals surface area contributed by atoms with Crippen molar-refractivity contribution in [2.24, 2.45) is 0 Å². The Hall–Kier alpha value is -1.37. The van der Waals surface area contributed by atoms with E-state index in [-0.39, 0.29) is 5.69 Å². The fraction of sp³-hybridized carbons (Fsp3) is 0.571. The molecule has 116 valence electrons. The lowest BCUT2D eigenvalue weighted by Crippen LogP contribution is -2.39. The quantitative estimate of drug-likeness (QED) is 0.618. The lowest BCUT2D eigenvalue weighted by atomic mass is 10.2. The maximum Gasteiger partial charge on any atom is 0.271 e. The van der Waals surface area contributed by atoms with E-state index in [1.807, 2.05) is 0 Å². The Morgan fingerprint density at radius 3 is 2.95 bits per heavy atom. The van der Waals surface area contributed by atoms with Crippen LogP contribution < -0.4 is 10.2 Å². The number of halogens is 1. The van der Waals surface area contributed by atoms with Gasteiger partial charge in [0.15, 0.2) is 0 Å². The van der Waals surface area contributed by atoms with Crippen LogP contribution in [-0.2, 0) is 4.74 Å². The molecule has 7 heteroatoms. The van der Waals surface area contributed by atoms with Crippen molar-refractivity contribution in [1.29, 1.82) is 0 Å². The molecule has 0 aromatic heterocycles. The molecule has 1 fully saturated rings. The Morgan fingerprint density at radius 2 is 2.38 bits per heavy atom. The molecule has 0 bridgehead atoms. The zero-order valence-corrected chi connectivity index (χ0v) is 12.8. The standard InChI is InChI=1S/C14H20ClN3O3/c1-21-8-7-17(10-11-3-2-6-16-11)14-5-4-12(18(19)20)9-13(14)15/h4-5,9,11,16H,2-3,6-8,10H2,1H3. The summed E-state index contributed by atoms with van der Waals surface area (Å²) in [4.78, 5) is 12.5. The lowest BCUT2D eigenvalue weighted by Gasteiger charge is -2.28. The van der Waals surface area contributed by atoms with Gasteiger partial charge in [0.25, 0.3) is 5.69 Å². The van der Waals surface area contributed by atoms with Crippen LogP contribution in [0.1, 0.15) is 12.8 Å². The topological polar surface area (TPSA) is 67.6 Å². The average Bonchev–Trinajstić information content (AvgIpc) is 2.96. The second-order valence-electron chi connectivity index (χ2n) is 5.12. The highest BCUT2D eigenvalue weighted by molar-refractivity contribution is 6.33. The highest BCUT2D eigenvalue weighted by Crippen LogP contribution is 2.30. The molecule has 1 aromatic carbocycles. The zero-order valence-electron chi connectivity index (χ0n) is 12.0. The minimum absolute atomic E-state index is 0.00873. The number of nitrogens with zero attached hydrogens (tertiary/aromatic N) is 2. The summed E-state index contributed by atoms with van der Waals surface area (Å²) in [6.45, 7) is 3.14. The second-order valence-corrected chi connectivity index (χ2v) is 5.53. The third-order valence-electron chi connectivity index (χ3n) is 3.65. The van der Waals surface area contributed by atoms with Gasteiger partial charge in [0, 0.05) is 38.4 Å². The maximum absolute atomic E-state index is 10.8. The third-order valence-corrected chi connectivity index (χ3v) is 3.95. The molecule has 2 rings (SSSR count). The van der Waals surface area contributed by atoms with Crippen LogP contribution in [-0.4, -0.2) is 44.3 Å². The van der Waals surface area contributed by atoms with Gasteiger partial charge in [-0.1, -0.05) is 11.6 Å². The Kier molecular flexibility index (Phi) is 5.78. The molecule has 1 heterocycles. The van der Waals surface area contributed by atoms with Crippen LogP contribution in [0, 0.1) is 10.1 Å². The van der Waals surface area contributed by atoms with Crippen LogP contribution in [0.3, 0.4) is 0 Å². The first-order valence-corrected chi connectivity index (χ1v) is 7.41. The number of hydrogen-bond acceptors (Lipinski definition) is 5. The number of non-ortho nitro benzene ring substituents is 1. The number of nitrogens with one attached hydrogen (secondary N) is 1. The van der Waals surface area contributed by atoms with E-state index >= 15 is 0 Å². The van der Waals surface area contributed by atoms with Gasteiger partial charge < -0.3 is 15.0 Å². The number of hydrogen-bond donors (Lipinski definition) is 1. The summed E-state index contributed by atoms with van der Waals surface area (Å²) in [5.74, 6) is 0. The van der Waals surface area contributed by atoms with Gasteiger partial charge >= 0.3 is 0 Å². The van der Waals surface area contributed by atoms with Gasteiger partial charge in [0.05, 0.1) is 22.2 Å². The predicted octanol–water partition coefficient (Wildman–Crippen LogP) is 2.45. The van der Waals surface area contributed by atoms with E-state index in [1.54, 1.807) is 13.2 Å². The highest BCUT2D eigenvalue weighted by atomic mass is 35.5. The Balaban J connectivity index is 2.16. The molecule has 1 aliphatic heterocycles. The van der Waals surface area contributed by atoms with E-state index in [0.29, 0.717) is 24.2 Å². The minimum Gasteiger partial charge on any atom is -0.383 e. The van der Waals surface area contributed by atoms with Crippen LogP contribution >= 0.6 is 11.6 Å². The van der Waals surface area contributed by atoms with Gasteiger partial charge in [-0.3, -0.25) is 10.1 Å². The summed E-state index contributed by atoms with van der Waals surface area (Å²) in [6, 6.07) is 5.03. The van der Waals surface area contributed by atoms with E-state index in [4.69, 9.17) is 16.3 Å². The summed E-state index contributed by atoms with van der Waals surface area (Å²) in [7, 11) is 1.66. The SMILES string of the molecule is COCCN(CC1CCCN1)c1ccc([N+](=O)[O-])cc1Cl. The lowest BCUT2D eigenvalue weighted by molar-refractivity contribution is -0.384. The van der Waals surface area contributed by atoms with Crippen LogP contribution in [0.5, 0.6) is 0 Å². The van der Waals surface area contributed by atoms with Gasteiger partial charge in [0.2, 0.25) is 0 Å². The number of ether oxygens (including phenoxy) is 1. The Labute approximate surface area is 129 Å². The molecule has 1 N–H and O–H groups in total. The van der Waals surface area contributed by atoms with Crippen molar-refractivity contribution >= 4 is 23.0 Å². The molecule has 1 aromatic rings. The van der Waals surface area contributed by atoms with Crippen LogP contribution in [0.4, 0.5) is 11.4 Å². The summed E-state index contributed by atoms with van der Waals surface area (Å²) in [5.41, 5.74) is 0.822. The normalized spacial score (nSPS) is 17.9. The van der Waals surface area contributed by atoms with Crippen molar-refractivity contribution in [3.63, 3.8) is 0 Å². The number of anilines is 1. The Morgan fingerprint density at radius 1 is 1.57 bits per heavy atom. The molecular formula is C14H20ClN3O3. The van der Waals surface area contributed by atoms with Crippen molar-refractivity contribution in [3.05, 3.63) is 33.3 Å². The second kappa shape index (κ2) is 7.59. The smallest absolute Gasteiger partial charge is 0.271 e. The number of nitro benzene ring substituents is 1. The van der Waals surface area contributed by atoms with Crippen molar-refractivity contribution in [3.8, 4) is 0 Å². The molecule has 0 amide bonds. The first-order chi connectivity index (χ1) is 10.1. The van der Waals surface area contributed by atoms with E-state index in [9.17, 15) is 10.1 Å². The molecule has 1 atom stereocenters. The van der Waals surface area contributed by atoms with Gasteiger partial charge in [0.1, 0.15) is 0 Å². The molecular weight excluding hydrogens is 294 g/mol. The first-order valence-electron chi connectivity index (χ1n) is 7.03. The van der Waals surface area contributed by atoms with Crippen molar-refractivity contribution in [1.82, 2.24) is 5.32 Å². The molecule has 1 saturated heterocycles. The number of nitro groups is 1. The molecule has 6 nitrogen and oxygen atoms in total. The fourth-order valence-electron chi connectivity index (χ4n) is 2.56. The summed E-state index contributed by atoms with van der Waals surface area (Å²) in [6.07, 6.45) is 2.31. The van der Waals surface area contributed by atoms with Crippen molar-refractivity contribution in [2.75, 3.05) is 38.3 Å². The average molecular weight is 314 g/mol. The van der Waals surface area contributed by atoms with E-state index in [2.05, 4.69) is 10.2 Å². The zero-order chi connectivity index (χ0) is 15.2. The number of methoxy groups -OCH3 is 1.